The first-order valence-corrected chi connectivity index (χ1v) is 14.1. The molecule has 1 amide bonds. The van der Waals surface area contributed by atoms with Crippen molar-refractivity contribution in [3.63, 3.8) is 0 Å². The Morgan fingerprint density at radius 2 is 1.56 bits per heavy atom. The molecule has 0 aliphatic carbocycles. The van der Waals surface area contributed by atoms with Crippen LogP contribution in [0.3, 0.4) is 0 Å². The predicted octanol–water partition coefficient (Wildman–Crippen LogP) is 3.69. The lowest BCUT2D eigenvalue weighted by Gasteiger charge is -2.27. The van der Waals surface area contributed by atoms with Crippen LogP contribution in [0.15, 0.2) is 71.6 Å². The number of anilines is 1. The molecule has 0 aromatic heterocycles. The Morgan fingerprint density at radius 3 is 2.21 bits per heavy atom. The zero-order chi connectivity index (χ0) is 28.2. The van der Waals surface area contributed by atoms with E-state index in [2.05, 4.69) is 0 Å². The summed E-state index contributed by atoms with van der Waals surface area (Å²) in [7, 11) is -3.72. The first-order valence-electron chi connectivity index (χ1n) is 12.7. The summed E-state index contributed by atoms with van der Waals surface area (Å²) in [4.78, 5) is 39.6. The third-order valence-electron chi connectivity index (χ3n) is 6.15. The van der Waals surface area contributed by atoms with Crippen molar-refractivity contribution in [3.8, 4) is 0 Å². The molecule has 1 aliphatic rings. The Bertz CT molecular complexity index is 1470. The lowest BCUT2D eigenvalue weighted by Crippen LogP contribution is -2.40. The van der Waals surface area contributed by atoms with E-state index < -0.39 is 39.7 Å². The van der Waals surface area contributed by atoms with E-state index in [9.17, 15) is 22.8 Å². The number of ether oxygens (including phenoxy) is 2. The van der Waals surface area contributed by atoms with Gasteiger partial charge < -0.3 is 14.4 Å². The van der Waals surface area contributed by atoms with Crippen molar-refractivity contribution in [2.24, 2.45) is 0 Å². The first kappa shape index (κ1) is 28.4. The van der Waals surface area contributed by atoms with E-state index in [-0.39, 0.29) is 24.5 Å². The van der Waals surface area contributed by atoms with Gasteiger partial charge in [-0.1, -0.05) is 36.4 Å². The number of carbonyl (C=O) groups is 3. The van der Waals surface area contributed by atoms with Crippen LogP contribution >= 0.6 is 0 Å². The lowest BCUT2D eigenvalue weighted by molar-refractivity contribution is -0.163. The van der Waals surface area contributed by atoms with E-state index >= 15 is 0 Å². The fourth-order valence-electron chi connectivity index (χ4n) is 4.22. The molecule has 3 aromatic rings. The molecular formula is C29H32N2O7S. The second-order valence-corrected chi connectivity index (χ2v) is 12.2. The predicted molar refractivity (Wildman–Crippen MR) is 147 cm³/mol. The minimum absolute atomic E-state index is 0.0936. The summed E-state index contributed by atoms with van der Waals surface area (Å²) in [6.07, 6.45) is -0.684. The van der Waals surface area contributed by atoms with Crippen molar-refractivity contribution in [2.75, 3.05) is 31.2 Å². The van der Waals surface area contributed by atoms with Gasteiger partial charge in [0.2, 0.25) is 21.7 Å². The van der Waals surface area contributed by atoms with Crippen molar-refractivity contribution in [1.29, 1.82) is 0 Å². The molecule has 206 valence electrons. The van der Waals surface area contributed by atoms with Crippen molar-refractivity contribution in [2.45, 2.75) is 44.2 Å². The molecule has 4 rings (SSSR count). The average Bonchev–Trinajstić information content (AvgIpc) is 2.91. The Morgan fingerprint density at radius 1 is 0.923 bits per heavy atom. The quantitative estimate of drug-likeness (QED) is 0.238. The van der Waals surface area contributed by atoms with Crippen molar-refractivity contribution >= 4 is 44.1 Å². The SMILES string of the molecule is CC(C)(C)OC(=O)C(=O)CC(=O)N(Cc1ccc2ccccc2c1)c1ccc(S(=O)(=O)N2CCOCC2)cc1. The van der Waals surface area contributed by atoms with Crippen molar-refractivity contribution in [3.05, 3.63) is 72.3 Å². The lowest BCUT2D eigenvalue weighted by atomic mass is 10.1. The highest BCUT2D eigenvalue weighted by Gasteiger charge is 2.29. The number of fused-ring (bicyclic) bond motifs is 1. The molecule has 10 heteroatoms. The minimum Gasteiger partial charge on any atom is -0.454 e. The summed E-state index contributed by atoms with van der Waals surface area (Å²) in [5.41, 5.74) is 0.324. The summed E-state index contributed by atoms with van der Waals surface area (Å²) < 4.78 is 37.8. The number of esters is 1. The van der Waals surface area contributed by atoms with Gasteiger partial charge in [0.05, 0.1) is 31.1 Å². The molecule has 1 saturated heterocycles. The zero-order valence-corrected chi connectivity index (χ0v) is 23.1. The van der Waals surface area contributed by atoms with Crippen molar-refractivity contribution < 1.29 is 32.3 Å². The third kappa shape index (κ3) is 7.08. The number of carbonyl (C=O) groups excluding carboxylic acids is 3. The topological polar surface area (TPSA) is 110 Å². The Labute approximate surface area is 228 Å². The van der Waals surface area contributed by atoms with Gasteiger partial charge in [-0.2, -0.15) is 4.31 Å². The van der Waals surface area contributed by atoms with Crippen LogP contribution in [0, 0.1) is 0 Å². The van der Waals surface area contributed by atoms with Crippen LogP contribution < -0.4 is 4.90 Å². The Kier molecular flexibility index (Phi) is 8.48. The van der Waals surface area contributed by atoms with Crippen molar-refractivity contribution in [1.82, 2.24) is 4.31 Å². The highest BCUT2D eigenvalue weighted by Crippen LogP contribution is 2.25. The average molecular weight is 553 g/mol. The number of morpholine rings is 1. The number of amides is 1. The van der Waals surface area contributed by atoms with Crippen LogP contribution in [0.2, 0.25) is 0 Å². The molecule has 9 nitrogen and oxygen atoms in total. The molecule has 1 heterocycles. The molecule has 0 N–H and O–H groups in total. The molecule has 0 bridgehead atoms. The van der Waals surface area contributed by atoms with Gasteiger partial charge in [-0.25, -0.2) is 13.2 Å². The monoisotopic (exact) mass is 552 g/mol. The molecule has 1 fully saturated rings. The van der Waals surface area contributed by atoms with Gasteiger partial charge >= 0.3 is 5.97 Å². The van der Waals surface area contributed by atoms with E-state index in [0.717, 1.165) is 16.3 Å². The smallest absolute Gasteiger partial charge is 0.375 e. The first-order chi connectivity index (χ1) is 18.4. The number of hydrogen-bond acceptors (Lipinski definition) is 7. The highest BCUT2D eigenvalue weighted by molar-refractivity contribution is 7.89. The van der Waals surface area contributed by atoms with Gasteiger partial charge in [0.15, 0.2) is 0 Å². The fourth-order valence-corrected chi connectivity index (χ4v) is 5.63. The maximum atomic E-state index is 13.4. The highest BCUT2D eigenvalue weighted by atomic mass is 32.2. The summed E-state index contributed by atoms with van der Waals surface area (Å²) in [6.45, 7) is 6.22. The molecule has 0 spiro atoms. The van der Waals surface area contributed by atoms with Crippen LogP contribution in [0.1, 0.15) is 32.8 Å². The number of benzene rings is 3. The molecular weight excluding hydrogens is 520 g/mol. The van der Waals surface area contributed by atoms with Gasteiger partial charge in [0.25, 0.3) is 0 Å². The number of Topliss-reactive ketones (excluding diaryl/α,β-unsaturated/α-hetero) is 1. The zero-order valence-electron chi connectivity index (χ0n) is 22.3. The van der Waals surface area contributed by atoms with Gasteiger partial charge in [0.1, 0.15) is 5.60 Å². The normalized spacial score (nSPS) is 14.6. The van der Waals surface area contributed by atoms with Crippen LogP contribution in [-0.4, -0.2) is 62.3 Å². The van der Waals surface area contributed by atoms with Gasteiger partial charge in [-0.15, -0.1) is 0 Å². The van der Waals surface area contributed by atoms with Gasteiger partial charge in [-0.3, -0.25) is 9.59 Å². The van der Waals surface area contributed by atoms with E-state index in [1.165, 1.54) is 33.5 Å². The van der Waals surface area contributed by atoms with E-state index in [1.807, 2.05) is 42.5 Å². The van der Waals surface area contributed by atoms with Crippen LogP contribution in [0.4, 0.5) is 5.69 Å². The maximum absolute atomic E-state index is 13.4. The maximum Gasteiger partial charge on any atom is 0.375 e. The summed E-state index contributed by atoms with van der Waals surface area (Å²) >= 11 is 0. The largest absolute Gasteiger partial charge is 0.454 e. The third-order valence-corrected chi connectivity index (χ3v) is 8.06. The van der Waals surface area contributed by atoms with Gasteiger partial charge in [0, 0.05) is 18.8 Å². The number of rotatable bonds is 8. The fraction of sp³-hybridized carbons (Fsp3) is 0.345. The molecule has 0 saturated carbocycles. The molecule has 0 atom stereocenters. The van der Waals surface area contributed by atoms with Gasteiger partial charge in [-0.05, 0) is 67.4 Å². The number of nitrogens with zero attached hydrogens (tertiary/aromatic N) is 2. The molecule has 39 heavy (non-hydrogen) atoms. The number of ketones is 1. The summed E-state index contributed by atoms with van der Waals surface area (Å²) in [6, 6.07) is 19.5. The van der Waals surface area contributed by atoms with E-state index in [1.54, 1.807) is 20.8 Å². The summed E-state index contributed by atoms with van der Waals surface area (Å²) in [5, 5.41) is 2.02. The van der Waals surface area contributed by atoms with Crippen LogP contribution in [-0.2, 0) is 40.4 Å². The molecule has 0 unspecified atom stereocenters. The number of sulfonamides is 1. The van der Waals surface area contributed by atoms with E-state index in [4.69, 9.17) is 9.47 Å². The number of hydrogen-bond donors (Lipinski definition) is 0. The minimum atomic E-state index is -3.72. The van der Waals surface area contributed by atoms with Crippen LogP contribution in [0.5, 0.6) is 0 Å². The van der Waals surface area contributed by atoms with E-state index in [0.29, 0.717) is 18.9 Å². The Hall–Kier alpha value is -3.60. The second-order valence-electron chi connectivity index (χ2n) is 10.3. The second kappa shape index (κ2) is 11.6. The van der Waals surface area contributed by atoms with Crippen LogP contribution in [0.25, 0.3) is 10.8 Å². The molecule has 0 radical (unpaired) electrons. The Balaban J connectivity index is 1.61. The molecule has 1 aliphatic heterocycles. The standard InChI is InChI=1S/C29H32N2O7S/c1-29(2,3)38-28(34)26(32)19-27(33)31(20-21-8-9-22-6-4-5-7-23(22)18-21)24-10-12-25(13-11-24)39(35,36)30-14-16-37-17-15-30/h4-13,18H,14-17,19-20H2,1-3H3. The summed E-state index contributed by atoms with van der Waals surface area (Å²) in [5.74, 6) is -2.64. The molecule has 3 aromatic carbocycles.